The van der Waals surface area contributed by atoms with Crippen molar-refractivity contribution in [2.75, 3.05) is 19.4 Å². The van der Waals surface area contributed by atoms with E-state index in [1.165, 1.54) is 11.8 Å². The molecule has 0 fully saturated rings. The van der Waals surface area contributed by atoms with Gasteiger partial charge in [-0.3, -0.25) is 4.99 Å². The van der Waals surface area contributed by atoms with Crippen LogP contribution < -0.4 is 5.43 Å². The van der Waals surface area contributed by atoms with Gasteiger partial charge in [0.2, 0.25) is 0 Å². The summed E-state index contributed by atoms with van der Waals surface area (Å²) >= 11 is 2.91. The van der Waals surface area contributed by atoms with Crippen LogP contribution in [0.2, 0.25) is 0 Å². The first kappa shape index (κ1) is 26.5. The van der Waals surface area contributed by atoms with Crippen LogP contribution in [0.5, 0.6) is 0 Å². The maximum atomic E-state index is 11.0. The summed E-state index contributed by atoms with van der Waals surface area (Å²) in [6.07, 6.45) is 6.06. The summed E-state index contributed by atoms with van der Waals surface area (Å²) in [5.41, 5.74) is 3.17. The lowest BCUT2D eigenvalue weighted by molar-refractivity contribution is 0.255. The third kappa shape index (κ3) is 9.06. The lowest BCUT2D eigenvalue weighted by Crippen LogP contribution is -2.19. The van der Waals surface area contributed by atoms with Gasteiger partial charge in [-0.05, 0) is 53.2 Å². The van der Waals surface area contributed by atoms with Gasteiger partial charge >= 0.3 is 0 Å². The average molecular weight is 455 g/mol. The van der Waals surface area contributed by atoms with E-state index in [0.717, 1.165) is 27.7 Å². The Morgan fingerprint density at radius 1 is 1.37 bits per heavy atom. The fourth-order valence-corrected chi connectivity index (χ4v) is 4.34. The molecule has 9 heteroatoms. The second-order valence-corrected chi connectivity index (χ2v) is 9.70. The third-order valence-corrected chi connectivity index (χ3v) is 6.50. The molecule has 0 aliphatic carbocycles. The molecule has 1 heterocycles. The van der Waals surface area contributed by atoms with Crippen LogP contribution in [-0.4, -0.2) is 52.3 Å². The second-order valence-electron chi connectivity index (χ2n) is 7.64. The molecular weight excluding hydrogens is 420 g/mol. The fraction of sp³-hybridized carbons (Fsp3) is 0.619. The highest BCUT2D eigenvalue weighted by atomic mass is 32.2. The number of hydrazone groups is 1. The fourth-order valence-electron chi connectivity index (χ4n) is 2.37. The van der Waals surface area contributed by atoms with Crippen LogP contribution in [0.1, 0.15) is 48.0 Å². The molecule has 30 heavy (non-hydrogen) atoms. The lowest BCUT2D eigenvalue weighted by atomic mass is 10.1. The molecular formula is C21H34N4O3S2. The molecule has 0 aromatic rings. The van der Waals surface area contributed by atoms with Crippen molar-refractivity contribution in [3.8, 4) is 0 Å². The first-order chi connectivity index (χ1) is 14.1. The van der Waals surface area contributed by atoms with Gasteiger partial charge in [0.1, 0.15) is 22.4 Å². The number of aliphatic hydroxyl groups is 1. The van der Waals surface area contributed by atoms with Crippen molar-refractivity contribution in [2.45, 2.75) is 65.6 Å². The van der Waals surface area contributed by atoms with E-state index in [0.29, 0.717) is 17.4 Å². The Balaban J connectivity index is 3.10. The predicted molar refractivity (Wildman–Crippen MR) is 131 cm³/mol. The van der Waals surface area contributed by atoms with Crippen molar-refractivity contribution in [3.05, 3.63) is 39.4 Å². The lowest BCUT2D eigenvalue weighted by Gasteiger charge is -2.16. The van der Waals surface area contributed by atoms with E-state index in [-0.39, 0.29) is 6.04 Å². The van der Waals surface area contributed by atoms with Crippen LogP contribution in [0.3, 0.4) is 0 Å². The van der Waals surface area contributed by atoms with Crippen molar-refractivity contribution in [3.63, 3.8) is 0 Å². The highest BCUT2D eigenvalue weighted by Crippen LogP contribution is 2.35. The topological polar surface area (TPSA) is 95.6 Å². The van der Waals surface area contributed by atoms with E-state index < -0.39 is 11.6 Å². The molecule has 0 saturated heterocycles. The van der Waals surface area contributed by atoms with Gasteiger partial charge in [0.15, 0.2) is 0 Å². The number of aliphatic hydroxyl groups excluding tert-OH is 1. The molecule has 0 aromatic carbocycles. The van der Waals surface area contributed by atoms with Gasteiger partial charge in [0.25, 0.3) is 0 Å². The SMILES string of the molecule is C/C=C(/SCC(C)(C)N=O)C1=C(/C=C/C(=N\C(C)C)S/C(=N\NC)C(C)O)CCO1. The summed E-state index contributed by atoms with van der Waals surface area (Å²) in [4.78, 5) is 16.6. The largest absolute Gasteiger partial charge is 0.492 e. The Labute approximate surface area is 188 Å². The number of nitroso groups, excluding NO2 is 1. The van der Waals surface area contributed by atoms with Gasteiger partial charge in [-0.25, -0.2) is 0 Å². The zero-order chi connectivity index (χ0) is 22.7. The standard InChI is InChI=1S/C21H34N4O3S2/c1-8-17(29-13-21(5,6)25-27)19-16(11-12-28-19)9-10-18(23-14(2)3)30-20(15(4)26)24-22-7/h8-10,14-15,22,26H,11-13H2,1-7H3/b10-9+,17-8+,23-18+,24-20-. The molecule has 168 valence electrons. The summed E-state index contributed by atoms with van der Waals surface area (Å²) in [6, 6.07) is 0.106. The van der Waals surface area contributed by atoms with Crippen molar-refractivity contribution < 1.29 is 9.84 Å². The Bertz CT molecular complexity index is 739. The minimum absolute atomic E-state index is 0.106. The molecule has 0 saturated carbocycles. The molecule has 0 radical (unpaired) electrons. The molecule has 1 unspecified atom stereocenters. The number of aliphatic imine (C=N–C) groups is 1. The Hall–Kier alpha value is -1.58. The number of hydrogen-bond donors (Lipinski definition) is 2. The number of allylic oxidation sites excluding steroid dienone is 2. The summed E-state index contributed by atoms with van der Waals surface area (Å²) in [7, 11) is 1.70. The number of thioether (sulfide) groups is 2. The number of rotatable bonds is 10. The predicted octanol–water partition coefficient (Wildman–Crippen LogP) is 4.85. The monoisotopic (exact) mass is 454 g/mol. The maximum Gasteiger partial charge on any atom is 0.135 e. The Morgan fingerprint density at radius 2 is 2.07 bits per heavy atom. The molecule has 1 atom stereocenters. The molecule has 1 rings (SSSR count). The van der Waals surface area contributed by atoms with E-state index in [1.807, 2.05) is 52.8 Å². The minimum atomic E-state index is -0.696. The van der Waals surface area contributed by atoms with Gasteiger partial charge in [-0.1, -0.05) is 29.1 Å². The second kappa shape index (κ2) is 13.0. The molecule has 2 N–H and O–H groups in total. The van der Waals surface area contributed by atoms with Crippen LogP contribution in [0, 0.1) is 4.91 Å². The zero-order valence-corrected chi connectivity index (χ0v) is 20.6. The highest BCUT2D eigenvalue weighted by Gasteiger charge is 2.23. The first-order valence-electron chi connectivity index (χ1n) is 9.99. The zero-order valence-electron chi connectivity index (χ0n) is 18.9. The normalized spacial score (nSPS) is 17.7. The maximum absolute atomic E-state index is 11.0. The highest BCUT2D eigenvalue weighted by molar-refractivity contribution is 8.27. The number of hydrogen-bond acceptors (Lipinski definition) is 9. The number of nitrogens with one attached hydrogen (secondary N) is 1. The minimum Gasteiger partial charge on any atom is -0.492 e. The molecule has 0 amide bonds. The first-order valence-corrected chi connectivity index (χ1v) is 11.8. The summed E-state index contributed by atoms with van der Waals surface area (Å²) in [6.45, 7) is 11.9. The van der Waals surface area contributed by atoms with E-state index in [4.69, 9.17) is 4.74 Å². The summed E-state index contributed by atoms with van der Waals surface area (Å²) in [5.74, 6) is 1.42. The smallest absolute Gasteiger partial charge is 0.135 e. The molecule has 0 spiro atoms. The van der Waals surface area contributed by atoms with Crippen LogP contribution in [0.25, 0.3) is 0 Å². The van der Waals surface area contributed by atoms with Crippen LogP contribution in [-0.2, 0) is 4.74 Å². The van der Waals surface area contributed by atoms with Gasteiger partial charge in [-0.2, -0.15) is 10.0 Å². The van der Waals surface area contributed by atoms with Crippen LogP contribution in [0.15, 0.2) is 49.7 Å². The van der Waals surface area contributed by atoms with Gasteiger partial charge in [0.05, 0.1) is 11.7 Å². The van der Waals surface area contributed by atoms with E-state index >= 15 is 0 Å². The van der Waals surface area contributed by atoms with Gasteiger partial charge in [0, 0.05) is 30.2 Å². The third-order valence-electron chi connectivity index (χ3n) is 3.82. The van der Waals surface area contributed by atoms with Crippen LogP contribution >= 0.6 is 23.5 Å². The van der Waals surface area contributed by atoms with Crippen LogP contribution in [0.4, 0.5) is 0 Å². The molecule has 0 aromatic heterocycles. The molecule has 7 nitrogen and oxygen atoms in total. The molecule has 0 bridgehead atoms. The quantitative estimate of drug-likeness (QED) is 0.212. The Kier molecular flexibility index (Phi) is 11.4. The van der Waals surface area contributed by atoms with E-state index in [1.54, 1.807) is 25.7 Å². The Morgan fingerprint density at radius 3 is 2.60 bits per heavy atom. The van der Waals surface area contributed by atoms with Crippen molar-refractivity contribution in [2.24, 2.45) is 15.3 Å². The van der Waals surface area contributed by atoms with Crippen molar-refractivity contribution in [1.82, 2.24) is 5.43 Å². The number of nitrogens with zero attached hydrogens (tertiary/aromatic N) is 3. The van der Waals surface area contributed by atoms with Crippen molar-refractivity contribution in [1.29, 1.82) is 0 Å². The van der Waals surface area contributed by atoms with E-state index in [9.17, 15) is 10.0 Å². The molecule has 1 aliphatic rings. The van der Waals surface area contributed by atoms with Crippen molar-refractivity contribution >= 4 is 33.6 Å². The van der Waals surface area contributed by atoms with Gasteiger partial charge < -0.3 is 15.3 Å². The van der Waals surface area contributed by atoms with E-state index in [2.05, 4.69) is 20.7 Å². The molecule has 1 aliphatic heterocycles. The summed E-state index contributed by atoms with van der Waals surface area (Å²) in [5, 5.41) is 18.6. The average Bonchev–Trinajstić information content (AvgIpc) is 3.14. The van der Waals surface area contributed by atoms with Gasteiger partial charge in [-0.15, -0.1) is 11.8 Å². The summed E-state index contributed by atoms with van der Waals surface area (Å²) < 4.78 is 5.90. The number of ether oxygens (including phenoxy) is 1.